The molecule has 4 rings (SSSR count). The van der Waals surface area contributed by atoms with E-state index in [1.54, 1.807) is 0 Å². The van der Waals surface area contributed by atoms with Gasteiger partial charge >= 0.3 is 0 Å². The molecule has 0 radical (unpaired) electrons. The van der Waals surface area contributed by atoms with Gasteiger partial charge in [-0.2, -0.15) is 0 Å². The molecule has 0 saturated carbocycles. The van der Waals surface area contributed by atoms with Gasteiger partial charge in [-0.05, 0) is 51.8 Å². The molecule has 0 unspecified atom stereocenters. The van der Waals surface area contributed by atoms with E-state index in [1.165, 1.54) is 0 Å². The van der Waals surface area contributed by atoms with E-state index < -0.39 is 8.32 Å². The Morgan fingerprint density at radius 3 is 1.78 bits per heavy atom. The molecule has 0 fully saturated rings. The molecule has 3 heteroatoms. The lowest BCUT2D eigenvalue weighted by Gasteiger charge is -2.37. The van der Waals surface area contributed by atoms with Crippen molar-refractivity contribution in [1.29, 1.82) is 0 Å². The van der Waals surface area contributed by atoms with Gasteiger partial charge in [0.1, 0.15) is 11.5 Å². The summed E-state index contributed by atoms with van der Waals surface area (Å²) in [5.41, 5.74) is 0. The van der Waals surface area contributed by atoms with Crippen LogP contribution in [0.5, 0.6) is 11.5 Å². The van der Waals surface area contributed by atoms with Crippen LogP contribution in [0.3, 0.4) is 0 Å². The third-order valence-corrected chi connectivity index (χ3v) is 10.3. The van der Waals surface area contributed by atoms with Crippen molar-refractivity contribution < 1.29 is 9.53 Å². The van der Waals surface area contributed by atoms with Crippen LogP contribution in [0.2, 0.25) is 18.1 Å². The van der Waals surface area contributed by atoms with E-state index in [-0.39, 0.29) is 5.04 Å². The van der Waals surface area contributed by atoms with Gasteiger partial charge < -0.3 is 9.53 Å². The van der Waals surface area contributed by atoms with Crippen LogP contribution < -0.4 is 4.43 Å². The summed E-state index contributed by atoms with van der Waals surface area (Å²) in [6, 6.07) is 20.4. The van der Waals surface area contributed by atoms with Gasteiger partial charge in [-0.15, -0.1) is 0 Å². The molecule has 4 aromatic carbocycles. The second kappa shape index (κ2) is 6.00. The van der Waals surface area contributed by atoms with Gasteiger partial charge in [0.15, 0.2) is 0 Å². The second-order valence-electron chi connectivity index (χ2n) is 8.82. The van der Waals surface area contributed by atoms with Gasteiger partial charge in [0, 0.05) is 10.8 Å². The van der Waals surface area contributed by atoms with Crippen molar-refractivity contribution in [1.82, 2.24) is 0 Å². The molecular weight excluding hydrogens is 348 g/mol. The van der Waals surface area contributed by atoms with Crippen molar-refractivity contribution in [2.24, 2.45) is 0 Å². The van der Waals surface area contributed by atoms with Gasteiger partial charge in [-0.3, -0.25) is 0 Å². The average Bonchev–Trinajstić information content (AvgIpc) is 2.62. The van der Waals surface area contributed by atoms with Crippen molar-refractivity contribution in [3.8, 4) is 11.5 Å². The monoisotopic (exact) mass is 374 g/mol. The third kappa shape index (κ3) is 2.87. The first-order chi connectivity index (χ1) is 12.7. The van der Waals surface area contributed by atoms with Gasteiger partial charge in [-0.1, -0.05) is 69.3 Å². The summed E-state index contributed by atoms with van der Waals surface area (Å²) in [6.07, 6.45) is 0. The normalized spacial score (nSPS) is 12.8. The zero-order valence-corrected chi connectivity index (χ0v) is 17.6. The van der Waals surface area contributed by atoms with E-state index in [0.717, 1.165) is 38.1 Å². The number of phenolic OH excluding ortho intramolecular Hbond substituents is 1. The Morgan fingerprint density at radius 1 is 0.704 bits per heavy atom. The van der Waals surface area contributed by atoms with Gasteiger partial charge in [0.05, 0.1) is 0 Å². The lowest BCUT2D eigenvalue weighted by atomic mass is 9.96. The number of hydrogen-bond donors (Lipinski definition) is 1. The Morgan fingerprint density at radius 2 is 1.19 bits per heavy atom. The number of aromatic hydroxyl groups is 1. The van der Waals surface area contributed by atoms with Gasteiger partial charge in [0.2, 0.25) is 0 Å². The quantitative estimate of drug-likeness (QED) is 0.296. The Balaban J connectivity index is 2.10. The fourth-order valence-electron chi connectivity index (χ4n) is 3.41. The van der Waals surface area contributed by atoms with Crippen LogP contribution in [0.25, 0.3) is 32.3 Å². The predicted octanol–water partition coefficient (Wildman–Crippen LogP) is 7.24. The molecule has 138 valence electrons. The lowest BCUT2D eigenvalue weighted by molar-refractivity contribution is 0.482. The molecule has 0 aliphatic carbocycles. The van der Waals surface area contributed by atoms with E-state index in [4.69, 9.17) is 4.43 Å². The smallest absolute Gasteiger partial charge is 0.250 e. The van der Waals surface area contributed by atoms with Crippen molar-refractivity contribution in [3.63, 3.8) is 0 Å². The first kappa shape index (κ1) is 17.9. The van der Waals surface area contributed by atoms with Crippen molar-refractivity contribution in [2.75, 3.05) is 0 Å². The Bertz CT molecular complexity index is 1170. The van der Waals surface area contributed by atoms with Crippen LogP contribution >= 0.6 is 0 Å². The summed E-state index contributed by atoms with van der Waals surface area (Å²) in [6.45, 7) is 11.3. The third-order valence-electron chi connectivity index (χ3n) is 5.99. The fourth-order valence-corrected chi connectivity index (χ4v) is 4.44. The number of fused-ring (bicyclic) bond motifs is 5. The van der Waals surface area contributed by atoms with E-state index in [1.807, 2.05) is 36.4 Å². The van der Waals surface area contributed by atoms with Crippen LogP contribution in [0.4, 0.5) is 0 Å². The molecular formula is C24H26O2Si. The molecule has 0 aliphatic heterocycles. The molecule has 0 heterocycles. The number of hydrogen-bond acceptors (Lipinski definition) is 2. The Hall–Kier alpha value is -2.52. The first-order valence-electron chi connectivity index (χ1n) is 9.44. The predicted molar refractivity (Wildman–Crippen MR) is 118 cm³/mol. The van der Waals surface area contributed by atoms with Crippen LogP contribution in [0.1, 0.15) is 20.8 Å². The Kier molecular flexibility index (Phi) is 3.97. The molecule has 0 aliphatic rings. The Labute approximate surface area is 161 Å². The molecule has 0 spiro atoms. The van der Waals surface area contributed by atoms with E-state index in [2.05, 4.69) is 58.1 Å². The summed E-state index contributed by atoms with van der Waals surface area (Å²) in [5.74, 6) is 1.27. The molecule has 1 N–H and O–H groups in total. The first-order valence-corrected chi connectivity index (χ1v) is 12.3. The van der Waals surface area contributed by atoms with Gasteiger partial charge in [-0.25, -0.2) is 0 Å². The molecule has 0 bridgehead atoms. The minimum Gasteiger partial charge on any atom is -0.543 e. The van der Waals surface area contributed by atoms with Crippen LogP contribution in [0.15, 0.2) is 60.7 Å². The van der Waals surface area contributed by atoms with E-state index in [0.29, 0.717) is 5.75 Å². The zero-order chi connectivity index (χ0) is 19.4. The number of phenols is 1. The largest absolute Gasteiger partial charge is 0.543 e. The van der Waals surface area contributed by atoms with Crippen molar-refractivity contribution in [2.45, 2.75) is 38.9 Å². The van der Waals surface area contributed by atoms with Gasteiger partial charge in [0.25, 0.3) is 8.32 Å². The molecule has 27 heavy (non-hydrogen) atoms. The highest BCUT2D eigenvalue weighted by atomic mass is 28.4. The molecule has 0 aromatic heterocycles. The molecule has 0 saturated heterocycles. The fraction of sp³-hybridized carbons (Fsp3) is 0.250. The highest BCUT2D eigenvalue weighted by Gasteiger charge is 2.39. The maximum atomic E-state index is 10.6. The summed E-state index contributed by atoms with van der Waals surface area (Å²) in [5, 5.41) is 17.0. The zero-order valence-electron chi connectivity index (χ0n) is 16.6. The van der Waals surface area contributed by atoms with Crippen LogP contribution in [0, 0.1) is 0 Å². The van der Waals surface area contributed by atoms with Crippen molar-refractivity contribution >= 4 is 40.6 Å². The van der Waals surface area contributed by atoms with E-state index >= 15 is 0 Å². The van der Waals surface area contributed by atoms with Crippen LogP contribution in [-0.4, -0.2) is 13.4 Å². The van der Waals surface area contributed by atoms with Crippen LogP contribution in [-0.2, 0) is 0 Å². The summed E-state index contributed by atoms with van der Waals surface area (Å²) in [4.78, 5) is 0. The maximum absolute atomic E-state index is 10.6. The molecule has 0 atom stereocenters. The lowest BCUT2D eigenvalue weighted by Crippen LogP contribution is -2.43. The standard InChI is InChI=1S/C24H26O2Si/c1-24(2,3)27(4,5)26-23-15-21-16-10-6-8-12-18(16)22(25)14-20(21)17-11-7-9-13-19(17)23/h6-15,25H,1-5H3. The summed E-state index contributed by atoms with van der Waals surface area (Å²) in [7, 11) is -1.98. The summed E-state index contributed by atoms with van der Waals surface area (Å²) < 4.78 is 6.74. The minimum absolute atomic E-state index is 0.125. The molecule has 4 aromatic rings. The molecule has 0 amide bonds. The highest BCUT2D eigenvalue weighted by Crippen LogP contribution is 2.43. The topological polar surface area (TPSA) is 29.5 Å². The van der Waals surface area contributed by atoms with Crippen molar-refractivity contribution in [3.05, 3.63) is 60.7 Å². The molecule has 2 nitrogen and oxygen atoms in total. The number of benzene rings is 4. The maximum Gasteiger partial charge on any atom is 0.250 e. The van der Waals surface area contributed by atoms with E-state index in [9.17, 15) is 5.11 Å². The average molecular weight is 375 g/mol. The summed E-state index contributed by atoms with van der Waals surface area (Å²) >= 11 is 0. The minimum atomic E-state index is -1.98. The SMILES string of the molecule is CC(C)(C)[Si](C)(C)Oc1cc2c3ccccc3c(O)cc2c2ccccc12. The highest BCUT2D eigenvalue weighted by molar-refractivity contribution is 6.74. The number of rotatable bonds is 2. The second-order valence-corrected chi connectivity index (χ2v) is 13.5.